The number of anilines is 1. The van der Waals surface area contributed by atoms with Crippen molar-refractivity contribution >= 4 is 23.3 Å². The Morgan fingerprint density at radius 2 is 2.18 bits per heavy atom. The number of nitrogens with one attached hydrogen (secondary N) is 1. The molecule has 1 N–H and O–H groups in total. The van der Waals surface area contributed by atoms with E-state index in [1.165, 1.54) is 25.5 Å². The molecular weight excluding hydrogens is 238 g/mol. The van der Waals surface area contributed by atoms with Crippen LogP contribution < -0.4 is 5.32 Å². The Morgan fingerprint density at radius 1 is 1.41 bits per heavy atom. The molecule has 0 aliphatic heterocycles. The Labute approximate surface area is 106 Å². The van der Waals surface area contributed by atoms with E-state index < -0.39 is 0 Å². The second-order valence-electron chi connectivity index (χ2n) is 4.47. The number of carbonyl (C=O) groups excluding carboxylic acids is 1. The second kappa shape index (κ2) is 5.96. The van der Waals surface area contributed by atoms with Crippen molar-refractivity contribution in [3.8, 4) is 0 Å². The summed E-state index contributed by atoms with van der Waals surface area (Å²) in [6.45, 7) is 0. The normalized spacial score (nSPS) is 16.8. The summed E-state index contributed by atoms with van der Waals surface area (Å²) < 4.78 is 0. The highest BCUT2D eigenvalue weighted by Crippen LogP contribution is 2.26. The average Bonchev–Trinajstić information content (AvgIpc) is 2.30. The van der Waals surface area contributed by atoms with Gasteiger partial charge in [0.1, 0.15) is 5.82 Å². The third kappa shape index (κ3) is 3.97. The molecule has 0 atom stereocenters. The zero-order chi connectivity index (χ0) is 12.1. The summed E-state index contributed by atoms with van der Waals surface area (Å²) in [5.41, 5.74) is 0. The zero-order valence-corrected chi connectivity index (χ0v) is 10.4. The fraction of sp³-hybridized carbons (Fsp3) is 0.583. The summed E-state index contributed by atoms with van der Waals surface area (Å²) in [6, 6.07) is 1.64. The van der Waals surface area contributed by atoms with Gasteiger partial charge in [-0.05, 0) is 36.4 Å². The van der Waals surface area contributed by atoms with Gasteiger partial charge in [-0.1, -0.05) is 19.3 Å². The molecule has 1 saturated carbocycles. The van der Waals surface area contributed by atoms with Gasteiger partial charge in [0.25, 0.3) is 0 Å². The Balaban J connectivity index is 1.84. The van der Waals surface area contributed by atoms with E-state index in [-0.39, 0.29) is 11.2 Å². The molecule has 1 aliphatic carbocycles. The number of carbonyl (C=O) groups is 1. The lowest BCUT2D eigenvalue weighted by atomic mass is 9.87. The summed E-state index contributed by atoms with van der Waals surface area (Å²) in [5, 5.41) is 2.91. The first-order valence-electron chi connectivity index (χ1n) is 6.02. The molecule has 1 heterocycles. The number of hydrogen-bond donors (Lipinski definition) is 1. The predicted molar refractivity (Wildman–Crippen MR) is 66.9 cm³/mol. The summed E-state index contributed by atoms with van der Waals surface area (Å²) >= 11 is 5.65. The summed E-state index contributed by atoms with van der Waals surface area (Å²) in [6.07, 6.45) is 8.25. The maximum absolute atomic E-state index is 11.8. The Kier molecular flexibility index (Phi) is 4.31. The van der Waals surface area contributed by atoms with Gasteiger partial charge in [0, 0.05) is 12.6 Å². The van der Waals surface area contributed by atoms with E-state index in [1.807, 2.05) is 0 Å². The molecule has 5 heteroatoms. The fourth-order valence-electron chi connectivity index (χ4n) is 2.25. The minimum Gasteiger partial charge on any atom is -0.311 e. The van der Waals surface area contributed by atoms with Gasteiger partial charge in [-0.2, -0.15) is 0 Å². The van der Waals surface area contributed by atoms with Gasteiger partial charge in [-0.3, -0.25) is 4.79 Å². The van der Waals surface area contributed by atoms with E-state index in [1.54, 1.807) is 6.07 Å². The van der Waals surface area contributed by atoms with Gasteiger partial charge in [-0.15, -0.1) is 0 Å². The highest BCUT2D eigenvalue weighted by molar-refractivity contribution is 6.28. The van der Waals surface area contributed by atoms with Crippen LogP contribution in [-0.4, -0.2) is 15.9 Å². The van der Waals surface area contributed by atoms with Crippen LogP contribution in [-0.2, 0) is 4.79 Å². The van der Waals surface area contributed by atoms with Crippen LogP contribution in [0.5, 0.6) is 0 Å². The van der Waals surface area contributed by atoms with Crippen LogP contribution in [0.4, 0.5) is 5.82 Å². The SMILES string of the molecule is O=C(CC1CCCCC1)Nc1ccnc(Cl)n1. The minimum absolute atomic E-state index is 0.0201. The van der Waals surface area contributed by atoms with E-state index in [9.17, 15) is 4.79 Å². The maximum Gasteiger partial charge on any atom is 0.225 e. The Hall–Kier alpha value is -1.16. The first-order valence-corrected chi connectivity index (χ1v) is 6.40. The van der Waals surface area contributed by atoms with Crippen molar-refractivity contribution in [3.63, 3.8) is 0 Å². The molecule has 2 rings (SSSR count). The molecule has 0 unspecified atom stereocenters. The van der Waals surface area contributed by atoms with Crippen LogP contribution in [0.25, 0.3) is 0 Å². The number of hydrogen-bond acceptors (Lipinski definition) is 3. The second-order valence-corrected chi connectivity index (χ2v) is 4.81. The van der Waals surface area contributed by atoms with Crippen molar-refractivity contribution in [1.29, 1.82) is 0 Å². The lowest BCUT2D eigenvalue weighted by molar-refractivity contribution is -0.117. The van der Waals surface area contributed by atoms with Crippen molar-refractivity contribution in [2.75, 3.05) is 5.32 Å². The van der Waals surface area contributed by atoms with Crippen LogP contribution in [0, 0.1) is 5.92 Å². The average molecular weight is 254 g/mol. The number of amides is 1. The molecule has 92 valence electrons. The molecule has 0 saturated heterocycles. The van der Waals surface area contributed by atoms with E-state index >= 15 is 0 Å². The standard InChI is InChI=1S/C12H16ClN3O/c13-12-14-7-6-10(16-12)15-11(17)8-9-4-2-1-3-5-9/h6-7,9H,1-5,8H2,(H,14,15,16,17). The van der Waals surface area contributed by atoms with Crippen LogP contribution in [0.15, 0.2) is 12.3 Å². The van der Waals surface area contributed by atoms with Crippen molar-refractivity contribution in [2.45, 2.75) is 38.5 Å². The lowest BCUT2D eigenvalue weighted by Crippen LogP contribution is -2.18. The summed E-state index contributed by atoms with van der Waals surface area (Å²) in [5.74, 6) is 1.03. The molecule has 4 nitrogen and oxygen atoms in total. The monoisotopic (exact) mass is 253 g/mol. The predicted octanol–water partition coefficient (Wildman–Crippen LogP) is 3.04. The first kappa shape index (κ1) is 12.3. The molecule has 1 aliphatic rings. The molecule has 0 bridgehead atoms. The number of aromatic nitrogens is 2. The number of rotatable bonds is 3. The Bertz CT molecular complexity index is 391. The molecule has 1 aromatic heterocycles. The van der Waals surface area contributed by atoms with Gasteiger partial charge in [0.05, 0.1) is 0 Å². The largest absolute Gasteiger partial charge is 0.311 e. The van der Waals surface area contributed by atoms with E-state index in [2.05, 4.69) is 15.3 Å². The number of halogens is 1. The smallest absolute Gasteiger partial charge is 0.225 e. The third-order valence-electron chi connectivity index (χ3n) is 3.09. The van der Waals surface area contributed by atoms with E-state index in [0.717, 1.165) is 12.8 Å². The zero-order valence-electron chi connectivity index (χ0n) is 9.66. The van der Waals surface area contributed by atoms with Crippen LogP contribution in [0.1, 0.15) is 38.5 Å². The van der Waals surface area contributed by atoms with Crippen molar-refractivity contribution in [3.05, 3.63) is 17.5 Å². The lowest BCUT2D eigenvalue weighted by Gasteiger charge is -2.20. The molecule has 1 aromatic rings. The molecule has 0 radical (unpaired) electrons. The molecule has 1 fully saturated rings. The van der Waals surface area contributed by atoms with Gasteiger partial charge >= 0.3 is 0 Å². The van der Waals surface area contributed by atoms with Gasteiger partial charge in [0.15, 0.2) is 0 Å². The first-order chi connectivity index (χ1) is 8.24. The highest BCUT2D eigenvalue weighted by Gasteiger charge is 2.17. The van der Waals surface area contributed by atoms with Crippen LogP contribution >= 0.6 is 11.6 Å². The van der Waals surface area contributed by atoms with Gasteiger partial charge in [-0.25, -0.2) is 9.97 Å². The number of nitrogens with zero attached hydrogens (tertiary/aromatic N) is 2. The molecule has 1 amide bonds. The topological polar surface area (TPSA) is 54.9 Å². The molecule has 0 aromatic carbocycles. The van der Waals surface area contributed by atoms with Crippen LogP contribution in [0.3, 0.4) is 0 Å². The highest BCUT2D eigenvalue weighted by atomic mass is 35.5. The van der Waals surface area contributed by atoms with Crippen molar-refractivity contribution in [2.24, 2.45) is 5.92 Å². The van der Waals surface area contributed by atoms with Gasteiger partial charge < -0.3 is 5.32 Å². The molecular formula is C12H16ClN3O. The van der Waals surface area contributed by atoms with Crippen LogP contribution in [0.2, 0.25) is 5.28 Å². The quantitative estimate of drug-likeness (QED) is 0.843. The van der Waals surface area contributed by atoms with Crippen molar-refractivity contribution in [1.82, 2.24) is 9.97 Å². The van der Waals surface area contributed by atoms with E-state index in [4.69, 9.17) is 11.6 Å². The summed E-state index contributed by atoms with van der Waals surface area (Å²) in [7, 11) is 0. The minimum atomic E-state index is 0.0201. The van der Waals surface area contributed by atoms with Crippen molar-refractivity contribution < 1.29 is 4.79 Å². The molecule has 17 heavy (non-hydrogen) atoms. The third-order valence-corrected chi connectivity index (χ3v) is 3.27. The maximum atomic E-state index is 11.8. The fourth-order valence-corrected chi connectivity index (χ4v) is 2.40. The Morgan fingerprint density at radius 3 is 2.88 bits per heavy atom. The summed E-state index contributed by atoms with van der Waals surface area (Å²) in [4.78, 5) is 19.5. The van der Waals surface area contributed by atoms with E-state index in [0.29, 0.717) is 18.2 Å². The molecule has 0 spiro atoms. The van der Waals surface area contributed by atoms with Gasteiger partial charge in [0.2, 0.25) is 11.2 Å².